The predicted molar refractivity (Wildman–Crippen MR) is 113 cm³/mol. The molecule has 1 aliphatic heterocycles. The van der Waals surface area contributed by atoms with Crippen LogP contribution in [-0.4, -0.2) is 54.7 Å². The van der Waals surface area contributed by atoms with E-state index < -0.39 is 15.8 Å². The minimum Gasteiger partial charge on any atom is -0.340 e. The zero-order chi connectivity index (χ0) is 21.1. The quantitative estimate of drug-likeness (QED) is 0.605. The highest BCUT2D eigenvalue weighted by molar-refractivity contribution is 7.89. The summed E-state index contributed by atoms with van der Waals surface area (Å²) in [5, 5.41) is 2.75. The van der Waals surface area contributed by atoms with Crippen molar-refractivity contribution < 1.29 is 17.6 Å². The van der Waals surface area contributed by atoms with Crippen LogP contribution in [0.25, 0.3) is 10.6 Å². The summed E-state index contributed by atoms with van der Waals surface area (Å²) in [5.41, 5.74) is 1.72. The topological polar surface area (TPSA) is 70.6 Å². The van der Waals surface area contributed by atoms with E-state index in [1.165, 1.54) is 33.8 Å². The molecule has 2 heterocycles. The minimum atomic E-state index is -3.78. The first-order valence-electron chi connectivity index (χ1n) is 9.47. The van der Waals surface area contributed by atoms with Crippen LogP contribution in [0.1, 0.15) is 5.69 Å². The lowest BCUT2D eigenvalue weighted by Gasteiger charge is -2.34. The number of carbonyl (C=O) groups is 1. The molecule has 0 saturated carbocycles. The van der Waals surface area contributed by atoms with Gasteiger partial charge in [0.1, 0.15) is 10.8 Å². The summed E-state index contributed by atoms with van der Waals surface area (Å²) in [6.45, 7) is 0.944. The number of thiazole rings is 1. The Morgan fingerprint density at radius 3 is 2.47 bits per heavy atom. The Labute approximate surface area is 178 Å². The zero-order valence-corrected chi connectivity index (χ0v) is 17.7. The molecule has 30 heavy (non-hydrogen) atoms. The molecular weight excluding hydrogens is 425 g/mol. The Hall–Kier alpha value is -2.62. The molecule has 1 saturated heterocycles. The van der Waals surface area contributed by atoms with E-state index in [0.717, 1.165) is 16.6 Å². The summed E-state index contributed by atoms with van der Waals surface area (Å²) in [4.78, 5) is 18.8. The third-order valence-electron chi connectivity index (χ3n) is 4.93. The maximum absolute atomic E-state index is 13.4. The monoisotopic (exact) mass is 445 g/mol. The maximum Gasteiger partial charge on any atom is 0.243 e. The lowest BCUT2D eigenvalue weighted by atomic mass is 10.2. The zero-order valence-electron chi connectivity index (χ0n) is 16.1. The third kappa shape index (κ3) is 4.43. The van der Waals surface area contributed by atoms with E-state index in [2.05, 4.69) is 4.98 Å². The van der Waals surface area contributed by atoms with Crippen molar-refractivity contribution in [3.63, 3.8) is 0 Å². The smallest absolute Gasteiger partial charge is 0.243 e. The average molecular weight is 446 g/mol. The van der Waals surface area contributed by atoms with Crippen LogP contribution in [-0.2, 0) is 21.2 Å². The standard InChI is InChI=1S/C21H20FN3O3S2/c22-17-7-4-8-19(13-17)30(27,28)25-11-9-24(10-12-25)20(26)14-18-15-29-21(23-18)16-5-2-1-3-6-16/h1-8,13,15H,9-12,14H2. The molecule has 0 bridgehead atoms. The summed E-state index contributed by atoms with van der Waals surface area (Å²) < 4.78 is 40.1. The fourth-order valence-electron chi connectivity index (χ4n) is 3.32. The fraction of sp³-hybridized carbons (Fsp3) is 0.238. The molecule has 1 aromatic heterocycles. The van der Waals surface area contributed by atoms with Gasteiger partial charge in [-0.15, -0.1) is 11.3 Å². The van der Waals surface area contributed by atoms with Crippen molar-refractivity contribution in [1.82, 2.24) is 14.2 Å². The molecule has 9 heteroatoms. The summed E-state index contributed by atoms with van der Waals surface area (Å²) in [6.07, 6.45) is 0.181. The van der Waals surface area contributed by atoms with Crippen LogP contribution >= 0.6 is 11.3 Å². The van der Waals surface area contributed by atoms with Gasteiger partial charge in [0.15, 0.2) is 0 Å². The first-order chi connectivity index (χ1) is 14.4. The van der Waals surface area contributed by atoms with Crippen LogP contribution in [0.3, 0.4) is 0 Å². The number of nitrogens with zero attached hydrogens (tertiary/aromatic N) is 3. The molecule has 0 aliphatic carbocycles. The van der Waals surface area contributed by atoms with Crippen molar-refractivity contribution in [3.05, 3.63) is 71.5 Å². The number of hydrogen-bond acceptors (Lipinski definition) is 5. The molecule has 0 radical (unpaired) electrons. The Kier molecular flexibility index (Phi) is 5.94. The molecule has 1 aliphatic rings. The van der Waals surface area contributed by atoms with E-state index in [1.807, 2.05) is 35.7 Å². The fourth-order valence-corrected chi connectivity index (χ4v) is 5.60. The van der Waals surface area contributed by atoms with Crippen molar-refractivity contribution in [2.24, 2.45) is 0 Å². The number of halogens is 1. The minimum absolute atomic E-state index is 0.0711. The van der Waals surface area contributed by atoms with E-state index in [1.54, 1.807) is 4.90 Å². The van der Waals surface area contributed by atoms with Gasteiger partial charge >= 0.3 is 0 Å². The van der Waals surface area contributed by atoms with Crippen molar-refractivity contribution >= 4 is 27.3 Å². The van der Waals surface area contributed by atoms with Gasteiger partial charge < -0.3 is 4.90 Å². The van der Waals surface area contributed by atoms with Crippen LogP contribution in [0.15, 0.2) is 64.9 Å². The van der Waals surface area contributed by atoms with Crippen LogP contribution in [0.2, 0.25) is 0 Å². The molecule has 0 spiro atoms. The van der Waals surface area contributed by atoms with Gasteiger partial charge in [-0.05, 0) is 18.2 Å². The molecular formula is C21H20FN3O3S2. The van der Waals surface area contributed by atoms with Gasteiger partial charge in [-0.1, -0.05) is 36.4 Å². The second-order valence-electron chi connectivity index (χ2n) is 6.93. The van der Waals surface area contributed by atoms with Gasteiger partial charge in [0.2, 0.25) is 15.9 Å². The first kappa shape index (κ1) is 20.6. The molecule has 156 valence electrons. The van der Waals surface area contributed by atoms with Gasteiger partial charge in [-0.2, -0.15) is 4.31 Å². The number of piperazine rings is 1. The Bertz CT molecular complexity index is 1140. The van der Waals surface area contributed by atoms with Crippen molar-refractivity contribution in [2.45, 2.75) is 11.3 Å². The summed E-state index contributed by atoms with van der Waals surface area (Å²) in [5.74, 6) is -0.675. The molecule has 3 aromatic rings. The molecule has 0 N–H and O–H groups in total. The largest absolute Gasteiger partial charge is 0.340 e. The van der Waals surface area contributed by atoms with Crippen molar-refractivity contribution in [3.8, 4) is 10.6 Å². The SMILES string of the molecule is O=C(Cc1csc(-c2ccccc2)n1)N1CCN(S(=O)(=O)c2cccc(F)c2)CC1. The van der Waals surface area contributed by atoms with E-state index >= 15 is 0 Å². The number of carbonyl (C=O) groups excluding carboxylic acids is 1. The highest BCUT2D eigenvalue weighted by Gasteiger charge is 2.30. The van der Waals surface area contributed by atoms with Crippen molar-refractivity contribution in [2.75, 3.05) is 26.2 Å². The Morgan fingerprint density at radius 1 is 1.03 bits per heavy atom. The second-order valence-corrected chi connectivity index (χ2v) is 9.73. The number of sulfonamides is 1. The maximum atomic E-state index is 13.4. The number of benzene rings is 2. The normalized spacial score (nSPS) is 15.3. The third-order valence-corrected chi connectivity index (χ3v) is 7.76. The van der Waals surface area contributed by atoms with E-state index in [-0.39, 0.29) is 30.3 Å². The van der Waals surface area contributed by atoms with Gasteiger partial charge in [0.25, 0.3) is 0 Å². The van der Waals surface area contributed by atoms with Gasteiger partial charge in [0, 0.05) is 37.1 Å². The molecule has 0 atom stereocenters. The molecule has 4 rings (SSSR count). The highest BCUT2D eigenvalue weighted by atomic mass is 32.2. The molecule has 6 nitrogen and oxygen atoms in total. The number of aromatic nitrogens is 1. The summed E-state index contributed by atoms with van der Waals surface area (Å²) >= 11 is 1.49. The number of hydrogen-bond donors (Lipinski definition) is 0. The molecule has 0 unspecified atom stereocenters. The van der Waals surface area contributed by atoms with Crippen LogP contribution in [0.5, 0.6) is 0 Å². The van der Waals surface area contributed by atoms with Crippen LogP contribution < -0.4 is 0 Å². The van der Waals surface area contributed by atoms with E-state index in [9.17, 15) is 17.6 Å². The molecule has 1 fully saturated rings. The van der Waals surface area contributed by atoms with E-state index in [4.69, 9.17) is 0 Å². The van der Waals surface area contributed by atoms with Gasteiger partial charge in [0.05, 0.1) is 17.0 Å². The summed E-state index contributed by atoms with van der Waals surface area (Å²) in [6, 6.07) is 14.7. The summed E-state index contributed by atoms with van der Waals surface area (Å²) in [7, 11) is -3.78. The second kappa shape index (κ2) is 8.63. The van der Waals surface area contributed by atoms with Crippen molar-refractivity contribution in [1.29, 1.82) is 0 Å². The van der Waals surface area contributed by atoms with Crippen LogP contribution in [0.4, 0.5) is 4.39 Å². The average Bonchev–Trinajstić information content (AvgIpc) is 3.23. The lowest BCUT2D eigenvalue weighted by molar-refractivity contribution is -0.131. The van der Waals surface area contributed by atoms with Gasteiger partial charge in [-0.25, -0.2) is 17.8 Å². The van der Waals surface area contributed by atoms with Crippen LogP contribution in [0, 0.1) is 5.82 Å². The first-order valence-corrected chi connectivity index (χ1v) is 11.8. The Morgan fingerprint density at radius 2 is 1.77 bits per heavy atom. The highest BCUT2D eigenvalue weighted by Crippen LogP contribution is 2.24. The number of rotatable bonds is 5. The Balaban J connectivity index is 1.36. The number of amides is 1. The molecule has 2 aromatic carbocycles. The predicted octanol–water partition coefficient (Wildman–Crippen LogP) is 3.02. The lowest BCUT2D eigenvalue weighted by Crippen LogP contribution is -2.50. The molecule has 1 amide bonds. The van der Waals surface area contributed by atoms with Gasteiger partial charge in [-0.3, -0.25) is 4.79 Å². The van der Waals surface area contributed by atoms with E-state index in [0.29, 0.717) is 18.8 Å².